The van der Waals surface area contributed by atoms with Crippen molar-refractivity contribution in [3.8, 4) is 0 Å². The van der Waals surface area contributed by atoms with E-state index in [1.165, 1.54) is 19.0 Å². The van der Waals surface area contributed by atoms with Crippen LogP contribution in [-0.4, -0.2) is 41.5 Å². The van der Waals surface area contributed by atoms with Crippen LogP contribution in [0.15, 0.2) is 17.0 Å². The Balaban J connectivity index is 1.72. The minimum atomic E-state index is -0.0301. The van der Waals surface area contributed by atoms with E-state index in [1.54, 1.807) is 0 Å². The molecule has 2 aliphatic rings. The minimum Gasteiger partial charge on any atom is -0.438 e. The molecule has 0 spiro atoms. The van der Waals surface area contributed by atoms with Crippen LogP contribution in [0.25, 0.3) is 0 Å². The molecular weight excluding hydrogens is 194 g/mol. The molecule has 3 rings (SSSR count). The molecule has 2 fully saturated rings. The zero-order valence-corrected chi connectivity index (χ0v) is 8.35. The number of carbonyl (C=O) groups is 1. The fourth-order valence-corrected chi connectivity index (χ4v) is 2.42. The first-order chi connectivity index (χ1) is 7.36. The number of rotatable bonds is 1. The number of carbonyl (C=O) groups excluding carboxylic acids is 1. The van der Waals surface area contributed by atoms with Gasteiger partial charge in [0.2, 0.25) is 5.76 Å². The zero-order chi connectivity index (χ0) is 10.3. The fourth-order valence-electron chi connectivity index (χ4n) is 2.42. The quantitative estimate of drug-likeness (QED) is 0.710. The summed E-state index contributed by atoms with van der Waals surface area (Å²) in [6.07, 6.45) is 3.94. The summed E-state index contributed by atoms with van der Waals surface area (Å²) >= 11 is 0. The highest BCUT2D eigenvalue weighted by molar-refractivity contribution is 5.92. The first-order valence-electron chi connectivity index (χ1n) is 5.26. The van der Waals surface area contributed by atoms with Crippen molar-refractivity contribution in [3.05, 3.63) is 18.4 Å². The third kappa shape index (κ3) is 1.34. The normalized spacial score (nSPS) is 29.5. The Kier molecular flexibility index (Phi) is 1.98. The van der Waals surface area contributed by atoms with Crippen molar-refractivity contribution < 1.29 is 9.21 Å². The second-order valence-electron chi connectivity index (χ2n) is 4.14. The van der Waals surface area contributed by atoms with E-state index in [0.717, 1.165) is 19.6 Å². The highest BCUT2D eigenvalue weighted by Crippen LogP contribution is 2.30. The monoisotopic (exact) mass is 207 g/mol. The van der Waals surface area contributed by atoms with Gasteiger partial charge in [-0.05, 0) is 18.9 Å². The number of piperidine rings is 1. The SMILES string of the molecule is O=C(c1cnco1)N1CC2CCNCC21. The van der Waals surface area contributed by atoms with Crippen molar-refractivity contribution >= 4 is 5.91 Å². The van der Waals surface area contributed by atoms with E-state index in [-0.39, 0.29) is 5.91 Å². The molecular formula is C10H13N3O2. The largest absolute Gasteiger partial charge is 0.438 e. The van der Waals surface area contributed by atoms with Gasteiger partial charge in [0.25, 0.3) is 5.91 Å². The van der Waals surface area contributed by atoms with Crippen LogP contribution in [0.1, 0.15) is 17.0 Å². The number of nitrogens with one attached hydrogen (secondary N) is 1. The highest BCUT2D eigenvalue weighted by atomic mass is 16.3. The second kappa shape index (κ2) is 3.34. The number of oxazole rings is 1. The second-order valence-corrected chi connectivity index (χ2v) is 4.14. The summed E-state index contributed by atoms with van der Waals surface area (Å²) in [5.74, 6) is 0.995. The van der Waals surface area contributed by atoms with Crippen LogP contribution in [0.3, 0.4) is 0 Å². The van der Waals surface area contributed by atoms with Crippen LogP contribution in [0, 0.1) is 5.92 Å². The smallest absolute Gasteiger partial charge is 0.291 e. The molecule has 0 bridgehead atoms. The Hall–Kier alpha value is -1.36. The highest BCUT2D eigenvalue weighted by Gasteiger charge is 2.43. The molecule has 2 atom stereocenters. The van der Waals surface area contributed by atoms with Crippen molar-refractivity contribution in [3.63, 3.8) is 0 Å². The van der Waals surface area contributed by atoms with Crippen molar-refractivity contribution in [2.24, 2.45) is 5.92 Å². The molecule has 2 saturated heterocycles. The van der Waals surface area contributed by atoms with E-state index < -0.39 is 0 Å². The van der Waals surface area contributed by atoms with E-state index in [2.05, 4.69) is 10.3 Å². The summed E-state index contributed by atoms with van der Waals surface area (Å²) < 4.78 is 5.01. The zero-order valence-electron chi connectivity index (χ0n) is 8.35. The number of nitrogens with zero attached hydrogens (tertiary/aromatic N) is 2. The Morgan fingerprint density at radius 3 is 3.33 bits per heavy atom. The average molecular weight is 207 g/mol. The molecule has 5 nitrogen and oxygen atoms in total. The summed E-state index contributed by atoms with van der Waals surface area (Å²) in [6, 6.07) is 0.358. The van der Waals surface area contributed by atoms with Crippen LogP contribution in [-0.2, 0) is 0 Å². The average Bonchev–Trinajstić information content (AvgIpc) is 2.72. The maximum atomic E-state index is 11.9. The summed E-state index contributed by atoms with van der Waals surface area (Å²) in [6.45, 7) is 2.85. The molecule has 0 saturated carbocycles. The molecule has 1 aromatic heterocycles. The third-order valence-electron chi connectivity index (χ3n) is 3.33. The number of likely N-dealkylation sites (tertiary alicyclic amines) is 1. The molecule has 3 heterocycles. The lowest BCUT2D eigenvalue weighted by atomic mass is 9.83. The minimum absolute atomic E-state index is 0.0301. The third-order valence-corrected chi connectivity index (χ3v) is 3.33. The fraction of sp³-hybridized carbons (Fsp3) is 0.600. The van der Waals surface area contributed by atoms with Gasteiger partial charge in [-0.1, -0.05) is 0 Å². The van der Waals surface area contributed by atoms with Crippen LogP contribution in [0.2, 0.25) is 0 Å². The molecule has 5 heteroatoms. The Labute approximate surface area is 87.5 Å². The van der Waals surface area contributed by atoms with Gasteiger partial charge in [0.1, 0.15) is 0 Å². The predicted octanol–water partition coefficient (Wildman–Crippen LogP) is 0.108. The Bertz CT molecular complexity index is 363. The predicted molar refractivity (Wildman–Crippen MR) is 52.3 cm³/mol. The maximum absolute atomic E-state index is 11.9. The van der Waals surface area contributed by atoms with Crippen molar-refractivity contribution in [2.75, 3.05) is 19.6 Å². The van der Waals surface area contributed by atoms with E-state index in [9.17, 15) is 4.79 Å². The van der Waals surface area contributed by atoms with E-state index in [0.29, 0.717) is 17.7 Å². The van der Waals surface area contributed by atoms with Gasteiger partial charge in [0.05, 0.1) is 6.20 Å². The van der Waals surface area contributed by atoms with E-state index >= 15 is 0 Å². The maximum Gasteiger partial charge on any atom is 0.291 e. The molecule has 0 aliphatic carbocycles. The van der Waals surface area contributed by atoms with Gasteiger partial charge < -0.3 is 14.6 Å². The summed E-state index contributed by atoms with van der Waals surface area (Å²) in [5.41, 5.74) is 0. The standard InChI is InChI=1S/C10H13N3O2/c14-10(9-4-12-6-15-9)13-5-7-1-2-11-3-8(7)13/h4,6-8,11H,1-3,5H2. The summed E-state index contributed by atoms with van der Waals surface area (Å²) in [5, 5.41) is 3.31. The summed E-state index contributed by atoms with van der Waals surface area (Å²) in [7, 11) is 0. The first-order valence-corrected chi connectivity index (χ1v) is 5.26. The van der Waals surface area contributed by atoms with Gasteiger partial charge in [0, 0.05) is 19.1 Å². The number of hydrogen-bond donors (Lipinski definition) is 1. The molecule has 1 aromatic rings. The lowest BCUT2D eigenvalue weighted by molar-refractivity contribution is 0.000435. The molecule has 0 aromatic carbocycles. The molecule has 0 radical (unpaired) electrons. The van der Waals surface area contributed by atoms with Gasteiger partial charge in [-0.3, -0.25) is 4.79 Å². The van der Waals surface area contributed by atoms with Crippen molar-refractivity contribution in [1.82, 2.24) is 15.2 Å². The van der Waals surface area contributed by atoms with Crippen LogP contribution >= 0.6 is 0 Å². The van der Waals surface area contributed by atoms with Crippen molar-refractivity contribution in [2.45, 2.75) is 12.5 Å². The van der Waals surface area contributed by atoms with Crippen LogP contribution in [0.5, 0.6) is 0 Å². The number of aromatic nitrogens is 1. The molecule has 80 valence electrons. The van der Waals surface area contributed by atoms with E-state index in [4.69, 9.17) is 4.42 Å². The lowest BCUT2D eigenvalue weighted by Crippen LogP contribution is -2.65. The van der Waals surface area contributed by atoms with Gasteiger partial charge in [0.15, 0.2) is 6.39 Å². The number of amides is 1. The number of hydrogen-bond acceptors (Lipinski definition) is 4. The van der Waals surface area contributed by atoms with Gasteiger partial charge >= 0.3 is 0 Å². The van der Waals surface area contributed by atoms with Gasteiger partial charge in [-0.2, -0.15) is 0 Å². The van der Waals surface area contributed by atoms with E-state index in [1.807, 2.05) is 4.90 Å². The van der Waals surface area contributed by atoms with Crippen LogP contribution in [0.4, 0.5) is 0 Å². The Morgan fingerprint density at radius 1 is 1.67 bits per heavy atom. The lowest BCUT2D eigenvalue weighted by Gasteiger charge is -2.50. The summed E-state index contributed by atoms with van der Waals surface area (Å²) in [4.78, 5) is 17.5. The van der Waals surface area contributed by atoms with Gasteiger partial charge in [-0.15, -0.1) is 0 Å². The topological polar surface area (TPSA) is 58.4 Å². The van der Waals surface area contributed by atoms with Crippen molar-refractivity contribution in [1.29, 1.82) is 0 Å². The number of fused-ring (bicyclic) bond motifs is 1. The van der Waals surface area contributed by atoms with Crippen LogP contribution < -0.4 is 5.32 Å². The first kappa shape index (κ1) is 8.91. The molecule has 1 amide bonds. The molecule has 1 N–H and O–H groups in total. The van der Waals surface area contributed by atoms with Gasteiger partial charge in [-0.25, -0.2) is 4.98 Å². The Morgan fingerprint density at radius 2 is 2.60 bits per heavy atom. The molecule has 2 unspecified atom stereocenters. The molecule has 15 heavy (non-hydrogen) atoms. The molecule has 2 aliphatic heterocycles.